The van der Waals surface area contributed by atoms with Crippen LogP contribution in [0.3, 0.4) is 0 Å². The Bertz CT molecular complexity index is 599. The Morgan fingerprint density at radius 1 is 1.33 bits per heavy atom. The number of benzene rings is 1. The molecule has 2 aromatic rings. The summed E-state index contributed by atoms with van der Waals surface area (Å²) in [6, 6.07) is 8.05. The number of carbonyl (C=O) groups is 1. The summed E-state index contributed by atoms with van der Waals surface area (Å²) in [6.07, 6.45) is 2.44. The van der Waals surface area contributed by atoms with Gasteiger partial charge in [-0.15, -0.1) is 11.8 Å². The highest BCUT2D eigenvalue weighted by molar-refractivity contribution is 7.98. The van der Waals surface area contributed by atoms with Crippen LogP contribution in [0.1, 0.15) is 35.5 Å². The number of hydrogen-bond donors (Lipinski definition) is 2. The number of thioether (sulfide) groups is 1. The molecule has 1 aromatic carbocycles. The van der Waals surface area contributed by atoms with Crippen molar-refractivity contribution in [3.63, 3.8) is 0 Å². The van der Waals surface area contributed by atoms with Crippen LogP contribution in [0, 0.1) is 13.8 Å². The third-order valence-electron chi connectivity index (χ3n) is 3.52. The minimum Gasteiger partial charge on any atom is -0.349 e. The largest absolute Gasteiger partial charge is 0.349 e. The minimum absolute atomic E-state index is 0.0272. The monoisotopic (exact) mass is 303 g/mol. The molecule has 21 heavy (non-hydrogen) atoms. The van der Waals surface area contributed by atoms with Crippen molar-refractivity contribution < 1.29 is 4.79 Å². The first-order valence-corrected chi connectivity index (χ1v) is 8.17. The normalized spacial score (nSPS) is 12.2. The molecule has 1 atom stereocenters. The Morgan fingerprint density at radius 2 is 2.00 bits per heavy atom. The number of carbonyl (C=O) groups excluding carboxylic acids is 1. The van der Waals surface area contributed by atoms with Crippen molar-refractivity contribution >= 4 is 17.7 Å². The molecule has 5 heteroatoms. The molecule has 0 bridgehead atoms. The molecule has 112 valence electrons. The number of amides is 1. The molecule has 0 unspecified atom stereocenters. The molecule has 2 N–H and O–H groups in total. The summed E-state index contributed by atoms with van der Waals surface area (Å²) >= 11 is 1.70. The van der Waals surface area contributed by atoms with Crippen molar-refractivity contribution in [3.8, 4) is 0 Å². The number of aromatic nitrogens is 2. The van der Waals surface area contributed by atoms with Crippen LogP contribution in [0.15, 0.2) is 29.2 Å². The molecule has 0 saturated heterocycles. The number of hydrogen-bond acceptors (Lipinski definition) is 3. The highest BCUT2D eigenvalue weighted by atomic mass is 32.2. The second-order valence-electron chi connectivity index (χ2n) is 5.16. The van der Waals surface area contributed by atoms with E-state index in [0.29, 0.717) is 6.42 Å². The van der Waals surface area contributed by atoms with Gasteiger partial charge in [0.15, 0.2) is 0 Å². The van der Waals surface area contributed by atoms with E-state index in [0.717, 1.165) is 22.5 Å². The molecular weight excluding hydrogens is 282 g/mol. The number of nitrogens with zero attached hydrogens (tertiary/aromatic N) is 1. The van der Waals surface area contributed by atoms with Crippen molar-refractivity contribution in [1.82, 2.24) is 15.5 Å². The van der Waals surface area contributed by atoms with E-state index in [4.69, 9.17) is 0 Å². The summed E-state index contributed by atoms with van der Waals surface area (Å²) < 4.78 is 0. The average Bonchev–Trinajstić information content (AvgIpc) is 2.78. The summed E-state index contributed by atoms with van der Waals surface area (Å²) in [6.45, 7) is 5.90. The third kappa shape index (κ3) is 3.88. The van der Waals surface area contributed by atoms with Gasteiger partial charge in [-0.05, 0) is 44.7 Å². The summed E-state index contributed by atoms with van der Waals surface area (Å²) in [5.41, 5.74) is 4.04. The fraction of sp³-hybridized carbons (Fsp3) is 0.375. The van der Waals surface area contributed by atoms with Gasteiger partial charge in [0.1, 0.15) is 0 Å². The number of aryl methyl sites for hydroxylation is 2. The van der Waals surface area contributed by atoms with Gasteiger partial charge in [0.2, 0.25) is 5.91 Å². The van der Waals surface area contributed by atoms with Crippen molar-refractivity contribution in [1.29, 1.82) is 0 Å². The zero-order chi connectivity index (χ0) is 15.4. The van der Waals surface area contributed by atoms with Gasteiger partial charge >= 0.3 is 0 Å². The number of H-pyrrole nitrogens is 1. The van der Waals surface area contributed by atoms with E-state index < -0.39 is 0 Å². The van der Waals surface area contributed by atoms with E-state index in [2.05, 4.69) is 15.5 Å². The molecule has 0 aliphatic rings. The van der Waals surface area contributed by atoms with Gasteiger partial charge in [0.05, 0.1) is 18.2 Å². The van der Waals surface area contributed by atoms with Gasteiger partial charge in [-0.3, -0.25) is 9.89 Å². The molecule has 1 aromatic heterocycles. The van der Waals surface area contributed by atoms with E-state index in [1.165, 1.54) is 4.90 Å². The Labute approximate surface area is 129 Å². The van der Waals surface area contributed by atoms with Gasteiger partial charge < -0.3 is 5.32 Å². The molecule has 1 amide bonds. The maximum Gasteiger partial charge on any atom is 0.224 e. The summed E-state index contributed by atoms with van der Waals surface area (Å²) in [5.74, 6) is 0.0272. The first-order valence-electron chi connectivity index (χ1n) is 6.95. The highest BCUT2D eigenvalue weighted by Crippen LogP contribution is 2.19. The van der Waals surface area contributed by atoms with Gasteiger partial charge in [0.25, 0.3) is 0 Å². The number of rotatable bonds is 5. The van der Waals surface area contributed by atoms with Crippen LogP contribution in [-0.2, 0) is 11.2 Å². The van der Waals surface area contributed by atoms with Gasteiger partial charge in [-0.2, -0.15) is 5.10 Å². The maximum absolute atomic E-state index is 12.1. The second-order valence-corrected chi connectivity index (χ2v) is 6.04. The third-order valence-corrected chi connectivity index (χ3v) is 4.26. The summed E-state index contributed by atoms with van der Waals surface area (Å²) in [4.78, 5) is 13.4. The molecule has 1 heterocycles. The molecule has 0 aliphatic heterocycles. The quantitative estimate of drug-likeness (QED) is 0.834. The lowest BCUT2D eigenvalue weighted by Crippen LogP contribution is -2.28. The number of nitrogens with one attached hydrogen (secondary N) is 2. The van der Waals surface area contributed by atoms with Crippen molar-refractivity contribution in [3.05, 3.63) is 46.8 Å². The van der Waals surface area contributed by atoms with E-state index in [1.54, 1.807) is 11.8 Å². The zero-order valence-corrected chi connectivity index (χ0v) is 13.7. The predicted octanol–water partition coefficient (Wildman–Crippen LogP) is 3.17. The van der Waals surface area contributed by atoms with Crippen LogP contribution in [0.25, 0.3) is 0 Å². The van der Waals surface area contributed by atoms with E-state index in [-0.39, 0.29) is 11.9 Å². The van der Waals surface area contributed by atoms with Crippen LogP contribution in [0.5, 0.6) is 0 Å². The Balaban J connectivity index is 1.98. The Morgan fingerprint density at radius 3 is 2.52 bits per heavy atom. The van der Waals surface area contributed by atoms with Crippen molar-refractivity contribution in [2.45, 2.75) is 38.1 Å². The molecule has 0 spiro atoms. The van der Waals surface area contributed by atoms with E-state index in [1.807, 2.05) is 51.3 Å². The predicted molar refractivity (Wildman–Crippen MR) is 86.5 cm³/mol. The average molecular weight is 303 g/mol. The number of aromatic amines is 1. The Kier molecular flexibility index (Phi) is 5.07. The van der Waals surface area contributed by atoms with Gasteiger partial charge in [0, 0.05) is 16.2 Å². The second kappa shape index (κ2) is 6.80. The van der Waals surface area contributed by atoms with Gasteiger partial charge in [-0.25, -0.2) is 0 Å². The van der Waals surface area contributed by atoms with Crippen molar-refractivity contribution in [2.24, 2.45) is 0 Å². The van der Waals surface area contributed by atoms with Crippen LogP contribution < -0.4 is 5.32 Å². The maximum atomic E-state index is 12.1. The summed E-state index contributed by atoms with van der Waals surface area (Å²) in [5, 5.41) is 10.2. The zero-order valence-electron chi connectivity index (χ0n) is 12.9. The molecular formula is C16H21N3OS. The minimum atomic E-state index is -0.0401. The fourth-order valence-electron chi connectivity index (χ4n) is 2.49. The van der Waals surface area contributed by atoms with Crippen LogP contribution >= 0.6 is 11.8 Å². The summed E-state index contributed by atoms with van der Waals surface area (Å²) in [7, 11) is 0. The van der Waals surface area contributed by atoms with Crippen LogP contribution in [0.2, 0.25) is 0 Å². The molecule has 0 radical (unpaired) electrons. The molecule has 0 aliphatic carbocycles. The molecule has 0 saturated carbocycles. The van der Waals surface area contributed by atoms with Gasteiger partial charge in [-0.1, -0.05) is 12.1 Å². The smallest absolute Gasteiger partial charge is 0.224 e. The SMILES string of the molecule is CSc1ccc(CC(=O)N[C@@H](C)c2c(C)n[nH]c2C)cc1. The lowest BCUT2D eigenvalue weighted by atomic mass is 10.1. The molecule has 4 nitrogen and oxygen atoms in total. The molecule has 2 rings (SSSR count). The van der Waals surface area contributed by atoms with Crippen LogP contribution in [0.4, 0.5) is 0 Å². The fourth-order valence-corrected chi connectivity index (χ4v) is 2.90. The topological polar surface area (TPSA) is 57.8 Å². The first kappa shape index (κ1) is 15.6. The lowest BCUT2D eigenvalue weighted by Gasteiger charge is -2.14. The molecule has 0 fully saturated rings. The standard InChI is InChI=1S/C16H21N3OS/c1-10(16-11(2)18-19-12(16)3)17-15(20)9-13-5-7-14(21-4)8-6-13/h5-8,10H,9H2,1-4H3,(H,17,20)(H,18,19)/t10-/m0/s1. The lowest BCUT2D eigenvalue weighted by molar-refractivity contribution is -0.121. The van der Waals surface area contributed by atoms with E-state index in [9.17, 15) is 4.79 Å². The Hall–Kier alpha value is -1.75. The first-order chi connectivity index (χ1) is 10.0. The van der Waals surface area contributed by atoms with Crippen LogP contribution in [-0.4, -0.2) is 22.4 Å². The highest BCUT2D eigenvalue weighted by Gasteiger charge is 2.16. The van der Waals surface area contributed by atoms with E-state index >= 15 is 0 Å². The van der Waals surface area contributed by atoms with Crippen molar-refractivity contribution in [2.75, 3.05) is 6.26 Å².